The number of hydrogen-bond acceptors (Lipinski definition) is 3. The van der Waals surface area contributed by atoms with Gasteiger partial charge in [-0.2, -0.15) is 0 Å². The van der Waals surface area contributed by atoms with Crippen LogP contribution in [0.1, 0.15) is 5.56 Å². The number of aromatic hydroxyl groups is 1. The van der Waals surface area contributed by atoms with E-state index in [1.54, 1.807) is 0 Å². The maximum Gasteiger partial charge on any atom is 1.00 e. The van der Waals surface area contributed by atoms with Crippen molar-refractivity contribution in [2.75, 3.05) is 0 Å². The number of benzene rings is 1. The number of phenols is 1. The Kier molecular flexibility index (Phi) is 5.30. The zero-order valence-electron chi connectivity index (χ0n) is 7.69. The smallest absolute Gasteiger partial charge is 0.519 e. The number of hydrogen-bond donors (Lipinski definition) is 3. The van der Waals surface area contributed by atoms with Crippen LogP contribution in [-0.2, 0) is 4.79 Å². The molecule has 0 spiro atoms. The van der Waals surface area contributed by atoms with Crippen LogP contribution in [0.5, 0.6) is 5.75 Å². The van der Waals surface area contributed by atoms with Gasteiger partial charge in [-0.3, -0.25) is 0 Å². The largest absolute Gasteiger partial charge is 1.00 e. The molecule has 0 aliphatic rings. The fourth-order valence-electron chi connectivity index (χ4n) is 0.799. The average molecular weight is 201 g/mol. The molecule has 0 saturated carbocycles. The number of nitrogens with one attached hydrogen (secondary N) is 1. The first-order valence-corrected chi connectivity index (χ1v) is 3.55. The Labute approximate surface area is 103 Å². The molecular formula is C9H8NNaO3. The molecule has 3 N–H and O–H groups in total. The van der Waals surface area contributed by atoms with E-state index in [-0.39, 0.29) is 35.3 Å². The van der Waals surface area contributed by atoms with Crippen LogP contribution < -0.4 is 29.6 Å². The van der Waals surface area contributed by atoms with E-state index in [1.165, 1.54) is 30.7 Å². The van der Waals surface area contributed by atoms with Gasteiger partial charge in [-0.25, -0.2) is 0 Å². The summed E-state index contributed by atoms with van der Waals surface area (Å²) in [5, 5.41) is 24.3. The third-order valence-electron chi connectivity index (χ3n) is 1.43. The van der Waals surface area contributed by atoms with Crippen molar-refractivity contribution in [3.05, 3.63) is 36.2 Å². The third kappa shape index (κ3) is 3.83. The van der Waals surface area contributed by atoms with Crippen LogP contribution >= 0.6 is 0 Å². The summed E-state index contributed by atoms with van der Waals surface area (Å²) in [6.07, 6.45) is 1.21. The zero-order valence-corrected chi connectivity index (χ0v) is 9.69. The molecule has 14 heavy (non-hydrogen) atoms. The molecule has 0 saturated heterocycles. The van der Waals surface area contributed by atoms with Crippen LogP contribution in [0.3, 0.4) is 0 Å². The molecule has 1 aromatic rings. The van der Waals surface area contributed by atoms with E-state index in [2.05, 4.69) is 0 Å². The first kappa shape index (κ1) is 13.0. The van der Waals surface area contributed by atoms with E-state index >= 15 is 0 Å². The summed E-state index contributed by atoms with van der Waals surface area (Å²) in [7, 11) is 0. The summed E-state index contributed by atoms with van der Waals surface area (Å²) in [4.78, 5) is 10.3. The minimum atomic E-state index is -1.27. The fraction of sp³-hybridized carbons (Fsp3) is 0. The first-order valence-electron chi connectivity index (χ1n) is 3.55. The Bertz CT molecular complexity index is 334. The molecule has 68 valence electrons. The van der Waals surface area contributed by atoms with Crippen molar-refractivity contribution in [3.63, 3.8) is 0 Å². The zero-order chi connectivity index (χ0) is 9.84. The van der Waals surface area contributed by atoms with Crippen molar-refractivity contribution in [2.45, 2.75) is 0 Å². The van der Waals surface area contributed by atoms with Crippen LogP contribution in [0.25, 0.3) is 0 Å². The molecule has 1 aromatic carbocycles. The summed E-state index contributed by atoms with van der Waals surface area (Å²) in [5.41, 5.74) is 0.0934. The van der Waals surface area contributed by atoms with Gasteiger partial charge in [0.2, 0.25) is 0 Å². The van der Waals surface area contributed by atoms with Gasteiger partial charge in [0, 0.05) is 0 Å². The summed E-state index contributed by atoms with van der Waals surface area (Å²) in [6, 6.07) is 5.93. The molecule has 5 heteroatoms. The van der Waals surface area contributed by atoms with Gasteiger partial charge >= 0.3 is 29.6 Å². The average Bonchev–Trinajstić information content (AvgIpc) is 2.08. The number of carbonyl (C=O) groups is 1. The van der Waals surface area contributed by atoms with Gasteiger partial charge in [0.1, 0.15) is 0 Å². The second-order valence-corrected chi connectivity index (χ2v) is 2.45. The van der Waals surface area contributed by atoms with Crippen molar-refractivity contribution in [1.82, 2.24) is 0 Å². The summed E-state index contributed by atoms with van der Waals surface area (Å²) >= 11 is 0. The number of aliphatic carboxylic acids is 1. The van der Waals surface area contributed by atoms with Gasteiger partial charge < -0.3 is 20.4 Å². The molecule has 0 aliphatic carbocycles. The maximum atomic E-state index is 10.3. The minimum absolute atomic E-state index is 0. The van der Waals surface area contributed by atoms with Crippen molar-refractivity contribution in [1.29, 1.82) is 5.41 Å². The summed E-state index contributed by atoms with van der Waals surface area (Å²) < 4.78 is 0. The predicted molar refractivity (Wildman–Crippen MR) is 46.9 cm³/mol. The second-order valence-electron chi connectivity index (χ2n) is 2.45. The molecule has 0 heterocycles. The van der Waals surface area contributed by atoms with Gasteiger partial charge in [-0.05, 0) is 0 Å². The fourth-order valence-corrected chi connectivity index (χ4v) is 0.799. The summed E-state index contributed by atoms with van der Waals surface area (Å²) in [5.74, 6) is -1.16. The topological polar surface area (TPSA) is 81.4 Å². The van der Waals surface area contributed by atoms with E-state index in [9.17, 15) is 4.79 Å². The van der Waals surface area contributed by atoms with E-state index in [4.69, 9.17) is 15.6 Å². The third-order valence-corrected chi connectivity index (χ3v) is 1.43. The number of phenolic OH excluding ortho intramolecular Hbond substituents is 1. The van der Waals surface area contributed by atoms with Crippen LogP contribution in [-0.4, -0.2) is 21.9 Å². The Morgan fingerprint density at radius 1 is 1.29 bits per heavy atom. The van der Waals surface area contributed by atoms with Gasteiger partial charge in [-0.15, -0.1) is 24.1 Å². The molecule has 1 rings (SSSR count). The number of carboxylic acids is 1. The normalized spacial score (nSPS) is 8.57. The quantitative estimate of drug-likeness (QED) is 0.302. The van der Waals surface area contributed by atoms with E-state index < -0.39 is 11.7 Å². The van der Waals surface area contributed by atoms with Crippen molar-refractivity contribution in [3.8, 4) is 5.75 Å². The summed E-state index contributed by atoms with van der Waals surface area (Å²) in [6.45, 7) is 0. The van der Waals surface area contributed by atoms with E-state index in [1.807, 2.05) is 0 Å². The first-order chi connectivity index (χ1) is 6.09. The molecule has 0 radical (unpaired) electrons. The number of carboxylic acid groups (broad SMARTS) is 1. The van der Waals surface area contributed by atoms with Gasteiger partial charge in [0.25, 0.3) is 5.97 Å². The van der Waals surface area contributed by atoms with E-state index in [0.29, 0.717) is 5.56 Å². The van der Waals surface area contributed by atoms with Gasteiger partial charge in [0.15, 0.2) is 0 Å². The van der Waals surface area contributed by atoms with Gasteiger partial charge in [0.05, 0.1) is 11.5 Å². The molecule has 0 aromatic heterocycles. The van der Waals surface area contributed by atoms with Gasteiger partial charge in [-0.1, -0.05) is 12.1 Å². The maximum absolute atomic E-state index is 10.3. The SMILES string of the molecule is N=C([CH-]c1ccc(O)cc1)C(=O)O.[Na+]. The molecule has 0 unspecified atom stereocenters. The van der Waals surface area contributed by atoms with Crippen molar-refractivity contribution in [2.24, 2.45) is 0 Å². The second kappa shape index (κ2) is 5.70. The molecule has 4 nitrogen and oxygen atoms in total. The van der Waals surface area contributed by atoms with Crippen molar-refractivity contribution >= 4 is 11.7 Å². The van der Waals surface area contributed by atoms with E-state index in [0.717, 1.165) is 0 Å². The predicted octanol–water partition coefficient (Wildman–Crippen LogP) is -1.95. The Morgan fingerprint density at radius 3 is 2.21 bits per heavy atom. The van der Waals surface area contributed by atoms with Crippen LogP contribution in [0.15, 0.2) is 24.3 Å². The Morgan fingerprint density at radius 2 is 1.79 bits per heavy atom. The molecular weight excluding hydrogens is 193 g/mol. The molecule has 0 bridgehead atoms. The standard InChI is InChI=1S/C9H8NO3.Na/c10-8(9(12)13)5-6-1-3-7(11)4-2-6;/h1-5,10-11H,(H,12,13);/q-1;+1. The molecule has 0 fully saturated rings. The Balaban J connectivity index is 0.00000169. The minimum Gasteiger partial charge on any atom is -0.519 e. The molecule has 0 amide bonds. The van der Waals surface area contributed by atoms with Crippen LogP contribution in [0.4, 0.5) is 0 Å². The number of rotatable bonds is 3. The monoisotopic (exact) mass is 201 g/mol. The van der Waals surface area contributed by atoms with Crippen LogP contribution in [0.2, 0.25) is 0 Å². The molecule has 0 aliphatic heterocycles. The van der Waals surface area contributed by atoms with Crippen molar-refractivity contribution < 1.29 is 44.6 Å². The Hall–Kier alpha value is -0.970. The molecule has 0 atom stereocenters. The van der Waals surface area contributed by atoms with Crippen LogP contribution in [0, 0.1) is 11.8 Å².